The van der Waals surface area contributed by atoms with E-state index in [4.69, 9.17) is 23.8 Å². The number of benzene rings is 9. The first kappa shape index (κ1) is 32.4. The molecular weight excluding hydrogens is 711 g/mol. The van der Waals surface area contributed by atoms with Gasteiger partial charge in [0.05, 0.1) is 0 Å². The highest BCUT2D eigenvalue weighted by molar-refractivity contribution is 6.19. The first-order valence-electron chi connectivity index (χ1n) is 19.4. The lowest BCUT2D eigenvalue weighted by Gasteiger charge is -2.12. The van der Waals surface area contributed by atoms with Crippen molar-refractivity contribution in [2.24, 2.45) is 0 Å². The van der Waals surface area contributed by atoms with Crippen LogP contribution in [0.2, 0.25) is 0 Å². The molecule has 5 nitrogen and oxygen atoms in total. The molecule has 0 radical (unpaired) electrons. The summed E-state index contributed by atoms with van der Waals surface area (Å²) in [6.45, 7) is 0. The van der Waals surface area contributed by atoms with Gasteiger partial charge < -0.3 is 8.83 Å². The molecule has 0 saturated carbocycles. The fourth-order valence-corrected chi connectivity index (χ4v) is 8.64. The molecule has 3 aromatic heterocycles. The molecule has 12 aromatic rings. The Kier molecular flexibility index (Phi) is 7.16. The van der Waals surface area contributed by atoms with Crippen LogP contribution in [-0.4, -0.2) is 15.0 Å². The van der Waals surface area contributed by atoms with Crippen LogP contribution in [0.3, 0.4) is 0 Å². The third-order valence-electron chi connectivity index (χ3n) is 11.4. The predicted octanol–water partition coefficient (Wildman–Crippen LogP) is 14.3. The predicted molar refractivity (Wildman–Crippen MR) is 237 cm³/mol. The summed E-state index contributed by atoms with van der Waals surface area (Å²) in [4.78, 5) is 15.8. The van der Waals surface area contributed by atoms with Gasteiger partial charge in [-0.3, -0.25) is 0 Å². The molecule has 270 valence electrons. The molecule has 0 saturated heterocycles. The van der Waals surface area contributed by atoms with Crippen LogP contribution in [-0.2, 0) is 0 Å². The van der Waals surface area contributed by atoms with Gasteiger partial charge in [-0.2, -0.15) is 0 Å². The summed E-state index contributed by atoms with van der Waals surface area (Å²) in [6, 6.07) is 65.0. The average Bonchev–Trinajstić information content (AvgIpc) is 3.88. The molecule has 0 bridgehead atoms. The van der Waals surface area contributed by atoms with Gasteiger partial charge >= 0.3 is 0 Å². The molecular formula is C53H31N3O2. The number of rotatable bonds is 5. The lowest BCUT2D eigenvalue weighted by molar-refractivity contribution is 0.670. The van der Waals surface area contributed by atoms with Gasteiger partial charge in [0, 0.05) is 49.2 Å². The third kappa shape index (κ3) is 5.07. The first-order chi connectivity index (χ1) is 28.7. The molecule has 9 aromatic carbocycles. The molecule has 0 atom stereocenters. The van der Waals surface area contributed by atoms with Crippen LogP contribution in [0.4, 0.5) is 0 Å². The van der Waals surface area contributed by atoms with E-state index in [-0.39, 0.29) is 0 Å². The van der Waals surface area contributed by atoms with Crippen molar-refractivity contribution in [3.8, 4) is 56.4 Å². The maximum Gasteiger partial charge on any atom is 0.164 e. The van der Waals surface area contributed by atoms with E-state index in [0.717, 1.165) is 88.0 Å². The molecule has 0 fully saturated rings. The molecule has 5 heteroatoms. The van der Waals surface area contributed by atoms with Gasteiger partial charge in [0.2, 0.25) is 0 Å². The minimum Gasteiger partial charge on any atom is -0.455 e. The second-order valence-corrected chi connectivity index (χ2v) is 14.7. The summed E-state index contributed by atoms with van der Waals surface area (Å²) in [5.74, 6) is 1.70. The Labute approximate surface area is 332 Å². The molecule has 0 unspecified atom stereocenters. The van der Waals surface area contributed by atoms with Crippen molar-refractivity contribution in [3.05, 3.63) is 188 Å². The van der Waals surface area contributed by atoms with Crippen molar-refractivity contribution in [2.75, 3.05) is 0 Å². The van der Waals surface area contributed by atoms with Gasteiger partial charge in [-0.25, -0.2) is 15.0 Å². The SMILES string of the molecule is c1ccc(-c2cccc3c2oc2cccc(-c4nc(-c5ccc(-c6cccc7ccccc67)cc5)nc(-c5cccc6ccc7c8ccccc8oc7c56)n4)c23)cc1. The average molecular weight is 742 g/mol. The maximum atomic E-state index is 6.67. The molecule has 58 heavy (non-hydrogen) atoms. The second-order valence-electron chi connectivity index (χ2n) is 14.7. The van der Waals surface area contributed by atoms with Crippen LogP contribution in [0.15, 0.2) is 197 Å². The quantitative estimate of drug-likeness (QED) is 0.176. The van der Waals surface area contributed by atoms with E-state index < -0.39 is 0 Å². The minimum atomic E-state index is 0.560. The Hall–Kier alpha value is -7.89. The lowest BCUT2D eigenvalue weighted by Crippen LogP contribution is -2.01. The fourth-order valence-electron chi connectivity index (χ4n) is 8.64. The summed E-state index contributed by atoms with van der Waals surface area (Å²) in [5, 5.41) is 8.52. The Bertz CT molecular complexity index is 3560. The largest absolute Gasteiger partial charge is 0.455 e. The van der Waals surface area contributed by atoms with E-state index in [1.165, 1.54) is 16.3 Å². The van der Waals surface area contributed by atoms with E-state index in [2.05, 4.69) is 152 Å². The summed E-state index contributed by atoms with van der Waals surface area (Å²) in [7, 11) is 0. The molecule has 0 N–H and O–H groups in total. The summed E-state index contributed by atoms with van der Waals surface area (Å²) < 4.78 is 13.3. The zero-order chi connectivity index (χ0) is 38.2. The van der Waals surface area contributed by atoms with Crippen molar-refractivity contribution in [1.82, 2.24) is 15.0 Å². The van der Waals surface area contributed by atoms with Crippen LogP contribution in [0.1, 0.15) is 0 Å². The molecule has 0 aliphatic rings. The number of furan rings is 2. The van der Waals surface area contributed by atoms with Gasteiger partial charge in [0.25, 0.3) is 0 Å². The molecule has 0 spiro atoms. The first-order valence-corrected chi connectivity index (χ1v) is 19.4. The van der Waals surface area contributed by atoms with Crippen LogP contribution in [0, 0.1) is 0 Å². The van der Waals surface area contributed by atoms with Gasteiger partial charge in [-0.15, -0.1) is 0 Å². The van der Waals surface area contributed by atoms with Crippen molar-refractivity contribution < 1.29 is 8.83 Å². The van der Waals surface area contributed by atoms with Crippen LogP contribution >= 0.6 is 0 Å². The fraction of sp³-hybridized carbons (Fsp3) is 0. The van der Waals surface area contributed by atoms with E-state index in [1.54, 1.807) is 0 Å². The van der Waals surface area contributed by atoms with Gasteiger partial charge in [-0.05, 0) is 51.0 Å². The molecule has 0 amide bonds. The zero-order valence-electron chi connectivity index (χ0n) is 31.1. The summed E-state index contributed by atoms with van der Waals surface area (Å²) in [5.41, 5.74) is 10.3. The van der Waals surface area contributed by atoms with E-state index in [0.29, 0.717) is 17.5 Å². The van der Waals surface area contributed by atoms with Crippen molar-refractivity contribution in [1.29, 1.82) is 0 Å². The highest BCUT2D eigenvalue weighted by atomic mass is 16.3. The smallest absolute Gasteiger partial charge is 0.164 e. The zero-order valence-corrected chi connectivity index (χ0v) is 31.1. The maximum absolute atomic E-state index is 6.67. The Morgan fingerprint density at radius 1 is 0.276 bits per heavy atom. The van der Waals surface area contributed by atoms with Gasteiger partial charge in [0.15, 0.2) is 17.5 Å². The van der Waals surface area contributed by atoms with E-state index >= 15 is 0 Å². The van der Waals surface area contributed by atoms with Crippen LogP contribution in [0.5, 0.6) is 0 Å². The van der Waals surface area contributed by atoms with Crippen molar-refractivity contribution >= 4 is 65.4 Å². The number of nitrogens with zero attached hydrogens (tertiary/aromatic N) is 3. The van der Waals surface area contributed by atoms with Crippen molar-refractivity contribution in [2.45, 2.75) is 0 Å². The second kappa shape index (κ2) is 12.8. The molecule has 3 heterocycles. The van der Waals surface area contributed by atoms with E-state index in [9.17, 15) is 0 Å². The molecule has 12 rings (SSSR count). The Morgan fingerprint density at radius 3 is 1.67 bits per heavy atom. The topological polar surface area (TPSA) is 65.0 Å². The van der Waals surface area contributed by atoms with Gasteiger partial charge in [0.1, 0.15) is 22.3 Å². The number of hydrogen-bond donors (Lipinski definition) is 0. The van der Waals surface area contributed by atoms with Crippen LogP contribution in [0.25, 0.3) is 122 Å². The third-order valence-corrected chi connectivity index (χ3v) is 11.4. The Balaban J connectivity index is 1.10. The van der Waals surface area contributed by atoms with Crippen LogP contribution < -0.4 is 0 Å². The number of hydrogen-bond acceptors (Lipinski definition) is 5. The van der Waals surface area contributed by atoms with E-state index in [1.807, 2.05) is 36.4 Å². The number of para-hydroxylation sites is 2. The highest BCUT2D eigenvalue weighted by Crippen LogP contribution is 2.42. The minimum absolute atomic E-state index is 0.560. The highest BCUT2D eigenvalue weighted by Gasteiger charge is 2.22. The van der Waals surface area contributed by atoms with Gasteiger partial charge in [-0.1, -0.05) is 170 Å². The summed E-state index contributed by atoms with van der Waals surface area (Å²) in [6.07, 6.45) is 0. The molecule has 0 aliphatic heterocycles. The summed E-state index contributed by atoms with van der Waals surface area (Å²) >= 11 is 0. The number of fused-ring (bicyclic) bond motifs is 9. The molecule has 0 aliphatic carbocycles. The standard InChI is InChI=1S/C53H31N3O2/c1-2-12-33(13-3-1)39-20-10-21-42-48-44(23-11-25-46(48)58-49(39)42)53-55-51(36-28-26-34(27-29-36)38-19-8-15-32-14-4-5-17-37(32)38)54-52(56-53)43-22-9-16-35-30-31-41-40-18-6-7-24-45(40)57-50(41)47(35)43/h1-31H. The monoisotopic (exact) mass is 741 g/mol. The normalized spacial score (nSPS) is 11.8. The Morgan fingerprint density at radius 2 is 0.828 bits per heavy atom. The van der Waals surface area contributed by atoms with Crippen molar-refractivity contribution in [3.63, 3.8) is 0 Å². The number of aromatic nitrogens is 3. The lowest BCUT2D eigenvalue weighted by atomic mass is 9.97.